The number of halogens is 3. The van der Waals surface area contributed by atoms with Gasteiger partial charge >= 0.3 is 6.18 Å². The number of carbonyl (C=O) groups excluding carboxylic acids is 1. The van der Waals surface area contributed by atoms with Crippen LogP contribution in [0.5, 0.6) is 0 Å². The highest BCUT2D eigenvalue weighted by molar-refractivity contribution is 5.80. The fourth-order valence-electron chi connectivity index (χ4n) is 2.52. The number of rotatable bonds is 6. The summed E-state index contributed by atoms with van der Waals surface area (Å²) in [7, 11) is 0. The molecule has 1 amide bonds. The highest BCUT2D eigenvalue weighted by atomic mass is 19.4. The van der Waals surface area contributed by atoms with Crippen molar-refractivity contribution in [3.63, 3.8) is 0 Å². The monoisotopic (exact) mass is 378 g/mol. The van der Waals surface area contributed by atoms with E-state index in [0.29, 0.717) is 12.0 Å². The van der Waals surface area contributed by atoms with E-state index in [-0.39, 0.29) is 19.0 Å². The smallest absolute Gasteiger partial charge is 0.318 e. The Bertz CT molecular complexity index is 750. The summed E-state index contributed by atoms with van der Waals surface area (Å²) in [6.45, 7) is 7.50. The minimum Gasteiger partial charge on any atom is -0.318 e. The van der Waals surface area contributed by atoms with E-state index in [0.717, 1.165) is 17.7 Å². The molecule has 0 unspecified atom stereocenters. The van der Waals surface area contributed by atoms with Crippen molar-refractivity contribution in [2.24, 2.45) is 4.99 Å². The third-order valence-corrected chi connectivity index (χ3v) is 3.97. The number of nitrogens with zero attached hydrogens (tertiary/aromatic N) is 2. The molecule has 0 aromatic heterocycles. The Balaban J connectivity index is 3.09. The van der Waals surface area contributed by atoms with Gasteiger partial charge < -0.3 is 4.90 Å². The van der Waals surface area contributed by atoms with E-state index in [1.54, 1.807) is 6.08 Å². The van der Waals surface area contributed by atoms with Gasteiger partial charge in [0.2, 0.25) is 5.91 Å². The van der Waals surface area contributed by atoms with Crippen molar-refractivity contribution in [2.75, 3.05) is 6.67 Å². The first-order valence-corrected chi connectivity index (χ1v) is 8.61. The molecule has 0 atom stereocenters. The van der Waals surface area contributed by atoms with Crippen LogP contribution >= 0.6 is 0 Å². The van der Waals surface area contributed by atoms with Crippen LogP contribution in [-0.4, -0.2) is 29.2 Å². The molecular formula is C21H25F3N2O. The fraction of sp³-hybridized carbons (Fsp3) is 0.429. The van der Waals surface area contributed by atoms with Crippen molar-refractivity contribution in [3.05, 3.63) is 47.0 Å². The van der Waals surface area contributed by atoms with Crippen molar-refractivity contribution in [2.45, 2.75) is 52.3 Å². The van der Waals surface area contributed by atoms with Gasteiger partial charge in [0.1, 0.15) is 6.67 Å². The zero-order chi connectivity index (χ0) is 20.7. The van der Waals surface area contributed by atoms with Crippen LogP contribution in [0.1, 0.15) is 44.4 Å². The van der Waals surface area contributed by atoms with Gasteiger partial charge in [-0.25, -0.2) is 0 Å². The first-order chi connectivity index (χ1) is 12.5. The van der Waals surface area contributed by atoms with Crippen LogP contribution in [0.3, 0.4) is 0 Å². The summed E-state index contributed by atoms with van der Waals surface area (Å²) in [5.41, 5.74) is -0.158. The molecule has 0 bridgehead atoms. The lowest BCUT2D eigenvalue weighted by Gasteiger charge is -2.34. The number of aliphatic imine (C=N–C) groups is 1. The maximum atomic E-state index is 13.0. The zero-order valence-electron chi connectivity index (χ0n) is 16.1. The Kier molecular flexibility index (Phi) is 7.83. The maximum absolute atomic E-state index is 13.0. The number of hydrogen-bond donors (Lipinski definition) is 0. The molecular weight excluding hydrogens is 353 g/mol. The van der Waals surface area contributed by atoms with Crippen LogP contribution < -0.4 is 0 Å². The molecule has 0 aliphatic heterocycles. The summed E-state index contributed by atoms with van der Waals surface area (Å²) in [5, 5.41) is 0. The first-order valence-electron chi connectivity index (χ1n) is 8.61. The Morgan fingerprint density at radius 2 is 1.93 bits per heavy atom. The number of terminal acetylenes is 1. The molecule has 146 valence electrons. The molecule has 6 heteroatoms. The summed E-state index contributed by atoms with van der Waals surface area (Å²) in [4.78, 5) is 18.5. The van der Waals surface area contributed by atoms with Crippen LogP contribution in [-0.2, 0) is 23.8 Å². The first kappa shape index (κ1) is 22.5. The quantitative estimate of drug-likeness (QED) is 0.524. The second-order valence-electron chi connectivity index (χ2n) is 7.00. The third kappa shape index (κ3) is 6.93. The highest BCUT2D eigenvalue weighted by Gasteiger charge is 2.32. The maximum Gasteiger partial charge on any atom is 0.416 e. The Hall–Kier alpha value is -2.55. The lowest BCUT2D eigenvalue weighted by Crippen LogP contribution is -2.46. The largest absolute Gasteiger partial charge is 0.416 e. The SMILES string of the molecule is C#C/C=C\C=NCN(C(=O)Cc1cc(C(F)(F)F)ccc1CC)C(C)(C)C. The van der Waals surface area contributed by atoms with Crippen molar-refractivity contribution < 1.29 is 18.0 Å². The molecule has 0 N–H and O–H groups in total. The van der Waals surface area contributed by atoms with Gasteiger partial charge in [-0.1, -0.05) is 18.9 Å². The van der Waals surface area contributed by atoms with Gasteiger partial charge in [0, 0.05) is 11.8 Å². The number of hydrogen-bond acceptors (Lipinski definition) is 2. The number of amides is 1. The third-order valence-electron chi connectivity index (χ3n) is 3.97. The lowest BCUT2D eigenvalue weighted by atomic mass is 9.97. The van der Waals surface area contributed by atoms with Crippen molar-refractivity contribution in [1.82, 2.24) is 4.90 Å². The molecule has 0 heterocycles. The zero-order valence-corrected chi connectivity index (χ0v) is 16.1. The number of benzene rings is 1. The molecule has 0 aliphatic rings. The van der Waals surface area contributed by atoms with Crippen LogP contribution in [0.2, 0.25) is 0 Å². The van der Waals surface area contributed by atoms with E-state index < -0.39 is 17.3 Å². The topological polar surface area (TPSA) is 32.7 Å². The molecule has 1 rings (SSSR count). The number of carbonyl (C=O) groups is 1. The molecule has 1 aromatic carbocycles. The van der Waals surface area contributed by atoms with Crippen molar-refractivity contribution >= 4 is 12.1 Å². The predicted octanol–water partition coefficient (Wildman–Crippen LogP) is 4.66. The molecule has 3 nitrogen and oxygen atoms in total. The highest BCUT2D eigenvalue weighted by Crippen LogP contribution is 2.31. The van der Waals surface area contributed by atoms with E-state index in [2.05, 4.69) is 10.9 Å². The van der Waals surface area contributed by atoms with Crippen LogP contribution in [0.15, 0.2) is 35.3 Å². The Labute approximate surface area is 159 Å². The van der Waals surface area contributed by atoms with E-state index in [9.17, 15) is 18.0 Å². The number of alkyl halides is 3. The minimum absolute atomic E-state index is 0.0949. The van der Waals surface area contributed by atoms with E-state index in [1.807, 2.05) is 27.7 Å². The molecule has 0 radical (unpaired) electrons. The van der Waals surface area contributed by atoms with Gasteiger partial charge in [-0.2, -0.15) is 13.2 Å². The predicted molar refractivity (Wildman–Crippen MR) is 102 cm³/mol. The van der Waals surface area contributed by atoms with Gasteiger partial charge in [0.15, 0.2) is 0 Å². The van der Waals surface area contributed by atoms with E-state index in [4.69, 9.17) is 6.42 Å². The standard InChI is InChI=1S/C21H25F3N2O/c1-6-8-9-12-25-15-26(20(3,4)5)19(27)14-17-13-18(21(22,23)24)11-10-16(17)7-2/h1,8-13H,7,14-15H2,2-5H3/b9-8-,25-12?. The Morgan fingerprint density at radius 3 is 2.44 bits per heavy atom. The molecule has 1 aromatic rings. The molecule has 0 fully saturated rings. The fourth-order valence-corrected chi connectivity index (χ4v) is 2.52. The number of aryl methyl sites for hydroxylation is 1. The van der Waals surface area contributed by atoms with Gasteiger partial charge in [-0.05, 0) is 62.6 Å². The summed E-state index contributed by atoms with van der Waals surface area (Å²) < 4.78 is 39.1. The summed E-state index contributed by atoms with van der Waals surface area (Å²) >= 11 is 0. The van der Waals surface area contributed by atoms with Gasteiger partial charge in [0.05, 0.1) is 12.0 Å². The van der Waals surface area contributed by atoms with Gasteiger partial charge in [-0.3, -0.25) is 9.79 Å². The second-order valence-corrected chi connectivity index (χ2v) is 7.00. The van der Waals surface area contributed by atoms with E-state index >= 15 is 0 Å². The molecule has 0 saturated heterocycles. The second kappa shape index (κ2) is 9.40. The molecule has 0 aliphatic carbocycles. The minimum atomic E-state index is -4.44. The van der Waals surface area contributed by atoms with Gasteiger partial charge in [-0.15, -0.1) is 6.42 Å². The normalized spacial score (nSPS) is 12.5. The van der Waals surface area contributed by atoms with Crippen LogP contribution in [0.25, 0.3) is 0 Å². The average Bonchev–Trinajstić information content (AvgIpc) is 2.55. The van der Waals surface area contributed by atoms with Crippen molar-refractivity contribution in [3.8, 4) is 12.3 Å². The average molecular weight is 378 g/mol. The number of allylic oxidation sites excluding steroid dienone is 2. The summed E-state index contributed by atoms with van der Waals surface area (Å²) in [6, 6.07) is 3.56. The molecule has 27 heavy (non-hydrogen) atoms. The lowest BCUT2D eigenvalue weighted by molar-refractivity contribution is -0.138. The van der Waals surface area contributed by atoms with Crippen molar-refractivity contribution in [1.29, 1.82) is 0 Å². The summed E-state index contributed by atoms with van der Waals surface area (Å²) in [6.07, 6.45) is 5.64. The Morgan fingerprint density at radius 1 is 1.26 bits per heavy atom. The van der Waals surface area contributed by atoms with Gasteiger partial charge in [0.25, 0.3) is 0 Å². The van der Waals surface area contributed by atoms with Crippen LogP contribution in [0, 0.1) is 12.3 Å². The van der Waals surface area contributed by atoms with E-state index in [1.165, 1.54) is 23.3 Å². The summed E-state index contributed by atoms with van der Waals surface area (Å²) in [5.74, 6) is 2.04. The molecule has 0 spiro atoms. The molecule has 0 saturated carbocycles. The van der Waals surface area contributed by atoms with Crippen LogP contribution in [0.4, 0.5) is 13.2 Å².